The van der Waals surface area contributed by atoms with Crippen molar-refractivity contribution in [1.29, 1.82) is 0 Å². The van der Waals surface area contributed by atoms with E-state index >= 15 is 0 Å². The van der Waals surface area contributed by atoms with E-state index in [0.29, 0.717) is 43.9 Å². The molecule has 0 N–H and O–H groups in total. The second kappa shape index (κ2) is 6.90. The number of hydrogen-bond donors (Lipinski definition) is 0. The van der Waals surface area contributed by atoms with Crippen LogP contribution in [0.1, 0.15) is 33.6 Å². The van der Waals surface area contributed by atoms with Crippen LogP contribution >= 0.6 is 0 Å². The number of likely N-dealkylation sites (tertiary alicyclic amines) is 1. The predicted octanol–water partition coefficient (Wildman–Crippen LogP) is 1.73. The standard InChI is InChI=1S/C16H26F3N3O2/c1-15(2,3)11-20-7-9-21(10-8-20)13(23)12-5-4-6-22(12)14(24)16(17,18)19/h12H,4-11H2,1-3H3. The first-order chi connectivity index (χ1) is 11.0. The van der Waals surface area contributed by atoms with E-state index in [1.165, 1.54) is 0 Å². The topological polar surface area (TPSA) is 43.9 Å². The Bertz CT molecular complexity index is 480. The number of nitrogens with zero attached hydrogens (tertiary/aromatic N) is 3. The number of rotatable bonds is 2. The molecule has 138 valence electrons. The Labute approximate surface area is 140 Å². The van der Waals surface area contributed by atoms with E-state index in [4.69, 9.17) is 0 Å². The third kappa shape index (κ3) is 4.62. The maximum atomic E-state index is 12.7. The molecule has 2 saturated heterocycles. The molecule has 2 rings (SSSR count). The third-order valence-corrected chi connectivity index (χ3v) is 4.42. The van der Waals surface area contributed by atoms with Crippen molar-refractivity contribution in [2.45, 2.75) is 45.8 Å². The van der Waals surface area contributed by atoms with E-state index in [9.17, 15) is 22.8 Å². The van der Waals surface area contributed by atoms with Crippen LogP contribution in [0.2, 0.25) is 0 Å². The minimum absolute atomic E-state index is 0.00125. The summed E-state index contributed by atoms with van der Waals surface area (Å²) >= 11 is 0. The molecule has 8 heteroatoms. The van der Waals surface area contributed by atoms with Crippen LogP contribution in [0.5, 0.6) is 0 Å². The summed E-state index contributed by atoms with van der Waals surface area (Å²) in [6.45, 7) is 9.76. The van der Waals surface area contributed by atoms with Crippen LogP contribution in [0.4, 0.5) is 13.2 Å². The van der Waals surface area contributed by atoms with Gasteiger partial charge in [0.2, 0.25) is 5.91 Å². The fraction of sp³-hybridized carbons (Fsp3) is 0.875. The van der Waals surface area contributed by atoms with E-state index in [-0.39, 0.29) is 17.9 Å². The van der Waals surface area contributed by atoms with Gasteiger partial charge in [-0.05, 0) is 18.3 Å². The van der Waals surface area contributed by atoms with Gasteiger partial charge in [-0.1, -0.05) is 20.8 Å². The maximum absolute atomic E-state index is 12.7. The number of piperazine rings is 1. The number of alkyl halides is 3. The normalized spacial score (nSPS) is 23.7. The van der Waals surface area contributed by atoms with Crippen molar-refractivity contribution in [3.8, 4) is 0 Å². The van der Waals surface area contributed by atoms with Gasteiger partial charge in [-0.3, -0.25) is 14.5 Å². The molecule has 0 saturated carbocycles. The molecule has 5 nitrogen and oxygen atoms in total. The summed E-state index contributed by atoms with van der Waals surface area (Å²) < 4.78 is 38.0. The molecule has 0 spiro atoms. The van der Waals surface area contributed by atoms with Gasteiger partial charge >= 0.3 is 12.1 Å². The highest BCUT2D eigenvalue weighted by atomic mass is 19.4. The molecule has 1 atom stereocenters. The lowest BCUT2D eigenvalue weighted by Gasteiger charge is -2.39. The van der Waals surface area contributed by atoms with Crippen molar-refractivity contribution in [2.75, 3.05) is 39.3 Å². The summed E-state index contributed by atoms with van der Waals surface area (Å²) in [6, 6.07) is -0.965. The van der Waals surface area contributed by atoms with Gasteiger partial charge in [0.1, 0.15) is 6.04 Å². The first-order valence-corrected chi connectivity index (χ1v) is 8.38. The van der Waals surface area contributed by atoms with Crippen LogP contribution in [0, 0.1) is 5.41 Å². The van der Waals surface area contributed by atoms with Gasteiger partial charge in [-0.25, -0.2) is 0 Å². The molecule has 2 heterocycles. The molecule has 0 aromatic heterocycles. The Balaban J connectivity index is 1.94. The van der Waals surface area contributed by atoms with Gasteiger partial charge in [0, 0.05) is 39.3 Å². The van der Waals surface area contributed by atoms with Crippen molar-refractivity contribution in [3.05, 3.63) is 0 Å². The molecule has 24 heavy (non-hydrogen) atoms. The number of halogens is 3. The number of amides is 2. The van der Waals surface area contributed by atoms with Crippen molar-refractivity contribution in [1.82, 2.24) is 14.7 Å². The minimum Gasteiger partial charge on any atom is -0.338 e. The molecule has 0 bridgehead atoms. The SMILES string of the molecule is CC(C)(C)CN1CCN(C(=O)C2CCCN2C(=O)C(F)(F)F)CC1. The van der Waals surface area contributed by atoms with Crippen molar-refractivity contribution in [2.24, 2.45) is 5.41 Å². The van der Waals surface area contributed by atoms with Crippen molar-refractivity contribution < 1.29 is 22.8 Å². The first-order valence-electron chi connectivity index (χ1n) is 8.38. The number of carbonyl (C=O) groups excluding carboxylic acids is 2. The molecule has 0 aliphatic carbocycles. The van der Waals surface area contributed by atoms with Crippen LogP contribution in [0.25, 0.3) is 0 Å². The van der Waals surface area contributed by atoms with Crippen LogP contribution in [-0.2, 0) is 9.59 Å². The zero-order valence-electron chi connectivity index (χ0n) is 14.5. The third-order valence-electron chi connectivity index (χ3n) is 4.42. The van der Waals surface area contributed by atoms with E-state index in [0.717, 1.165) is 6.54 Å². The quantitative estimate of drug-likeness (QED) is 0.763. The van der Waals surface area contributed by atoms with E-state index < -0.39 is 18.1 Å². The number of hydrogen-bond acceptors (Lipinski definition) is 3. The molecule has 0 radical (unpaired) electrons. The lowest BCUT2D eigenvalue weighted by Crippen LogP contribution is -2.56. The zero-order chi connectivity index (χ0) is 18.1. The molecule has 2 fully saturated rings. The Morgan fingerprint density at radius 2 is 1.58 bits per heavy atom. The van der Waals surface area contributed by atoms with Gasteiger partial charge in [0.15, 0.2) is 0 Å². The molecule has 1 unspecified atom stereocenters. The highest BCUT2D eigenvalue weighted by Crippen LogP contribution is 2.27. The second-order valence-corrected chi connectivity index (χ2v) is 7.82. The second-order valence-electron chi connectivity index (χ2n) is 7.82. The summed E-state index contributed by atoms with van der Waals surface area (Å²) in [5.74, 6) is -2.25. The summed E-state index contributed by atoms with van der Waals surface area (Å²) in [5, 5.41) is 0. The molecule has 0 aromatic rings. The molecule has 2 aliphatic heterocycles. The Morgan fingerprint density at radius 3 is 2.08 bits per heavy atom. The summed E-state index contributed by atoms with van der Waals surface area (Å²) in [5.41, 5.74) is 0.160. The maximum Gasteiger partial charge on any atom is 0.471 e. The molecule has 2 amide bonds. The van der Waals surface area contributed by atoms with Gasteiger partial charge in [-0.15, -0.1) is 0 Å². The van der Waals surface area contributed by atoms with Crippen LogP contribution in [-0.4, -0.2) is 78.0 Å². The summed E-state index contributed by atoms with van der Waals surface area (Å²) in [6.07, 6.45) is -4.18. The van der Waals surface area contributed by atoms with Gasteiger partial charge in [-0.2, -0.15) is 13.2 Å². The highest BCUT2D eigenvalue weighted by molar-refractivity contribution is 5.90. The molecular formula is C16H26F3N3O2. The predicted molar refractivity (Wildman–Crippen MR) is 83.3 cm³/mol. The Morgan fingerprint density at radius 1 is 1.00 bits per heavy atom. The largest absolute Gasteiger partial charge is 0.471 e. The van der Waals surface area contributed by atoms with E-state index in [2.05, 4.69) is 25.7 Å². The lowest BCUT2D eigenvalue weighted by atomic mass is 9.96. The average Bonchev–Trinajstić information content (AvgIpc) is 2.93. The fourth-order valence-corrected chi connectivity index (χ4v) is 3.44. The molecule has 0 aromatic carbocycles. The average molecular weight is 349 g/mol. The van der Waals surface area contributed by atoms with Gasteiger partial charge in [0.05, 0.1) is 0 Å². The van der Waals surface area contributed by atoms with Gasteiger partial charge < -0.3 is 9.80 Å². The fourth-order valence-electron chi connectivity index (χ4n) is 3.44. The monoisotopic (exact) mass is 349 g/mol. The Hall–Kier alpha value is -1.31. The number of carbonyl (C=O) groups is 2. The zero-order valence-corrected chi connectivity index (χ0v) is 14.5. The van der Waals surface area contributed by atoms with Crippen LogP contribution in [0.3, 0.4) is 0 Å². The first kappa shape index (κ1) is 19.0. The van der Waals surface area contributed by atoms with E-state index in [1.807, 2.05) is 0 Å². The van der Waals surface area contributed by atoms with Crippen LogP contribution < -0.4 is 0 Å². The smallest absolute Gasteiger partial charge is 0.338 e. The van der Waals surface area contributed by atoms with Gasteiger partial charge in [0.25, 0.3) is 0 Å². The Kier molecular flexibility index (Phi) is 5.47. The lowest BCUT2D eigenvalue weighted by molar-refractivity contribution is -0.187. The minimum atomic E-state index is -4.92. The van der Waals surface area contributed by atoms with Crippen molar-refractivity contribution >= 4 is 11.8 Å². The van der Waals surface area contributed by atoms with Crippen LogP contribution in [0.15, 0.2) is 0 Å². The highest BCUT2D eigenvalue weighted by Gasteiger charge is 2.48. The molecule has 2 aliphatic rings. The van der Waals surface area contributed by atoms with E-state index in [1.54, 1.807) is 4.90 Å². The molecular weight excluding hydrogens is 323 g/mol. The summed E-state index contributed by atoms with van der Waals surface area (Å²) in [4.78, 5) is 28.6. The van der Waals surface area contributed by atoms with Crippen molar-refractivity contribution in [3.63, 3.8) is 0 Å². The summed E-state index contributed by atoms with van der Waals surface area (Å²) in [7, 11) is 0.